The van der Waals surface area contributed by atoms with Crippen molar-refractivity contribution in [3.05, 3.63) is 151 Å². The fourth-order valence-electron chi connectivity index (χ4n) is 15.3. The number of ether oxygens (including phenoxy) is 3. The largest absolute Gasteiger partial charge is 0.381 e. The van der Waals surface area contributed by atoms with Crippen LogP contribution in [0.1, 0.15) is 79.3 Å². The standard InChI is InChI=1S/C24H24F2N4OS2.C24H22F2N4OS2.C22H18F2N4OS2/c2*1-2-30-8-4-15(24(30)5-9-31-10-6-24)18-11-14-17(3-7-27-23(14)33-18)29-21-16(25)12-19-22(20(21)26)28-13-32-19;23-14-10-17-20(26-11-30-17)18(24)19(14)28-15-2-5-25-21-12(15)9-16(31-21)13-1-6-27-22(13)3-7-29-8-4-22/h3,7,11-13,15H,2,4-6,8-10H2,1H3,(H,27,29);3-4,7,11-13H,2,5-6,8-10H2,1H3,(H,27,29);1-2,5,9-11,27H,3-4,6-8H2,(H,25,28). The Morgan fingerprint density at radius 3 is 1.44 bits per heavy atom. The SMILES string of the molecule is CCN1CC=C(c2cc3c(Nc4c(F)cc5scnc5c4F)ccnc3s2)C12CCOCC2.CCN1CCC(c2cc3c(Nc4c(F)cc5scnc5c4F)ccnc3s2)C12CCOCC2.Fc1cc2scnc2c(F)c1Nc1ccnc2sc(C3=CCNC34CCOCC4)cc12. The van der Waals surface area contributed by atoms with E-state index in [0.717, 1.165) is 158 Å². The topological polar surface area (TPSA) is 160 Å². The molecule has 4 saturated heterocycles. The van der Waals surface area contributed by atoms with E-state index in [2.05, 4.69) is 105 Å². The van der Waals surface area contributed by atoms with Gasteiger partial charge in [0.25, 0.3) is 0 Å². The predicted molar refractivity (Wildman–Crippen MR) is 381 cm³/mol. The highest BCUT2D eigenvalue weighted by Crippen LogP contribution is 2.53. The minimum absolute atomic E-state index is 0.0185. The molecule has 0 bridgehead atoms. The molecule has 500 valence electrons. The van der Waals surface area contributed by atoms with E-state index in [1.54, 1.807) is 70.8 Å². The van der Waals surface area contributed by atoms with E-state index < -0.39 is 34.9 Å². The van der Waals surface area contributed by atoms with Gasteiger partial charge < -0.3 is 35.5 Å². The molecule has 6 aliphatic heterocycles. The summed E-state index contributed by atoms with van der Waals surface area (Å²) >= 11 is 8.58. The third-order valence-corrected chi connectivity index (χ3v) is 25.8. The Kier molecular flexibility index (Phi) is 17.6. The summed E-state index contributed by atoms with van der Waals surface area (Å²) in [5, 5.41) is 15.2. The molecule has 12 aromatic rings. The lowest BCUT2D eigenvalue weighted by molar-refractivity contribution is -0.0132. The molecular formula is C70H64F6N12O3S6. The lowest BCUT2D eigenvalue weighted by atomic mass is 9.77. The Morgan fingerprint density at radius 2 is 0.959 bits per heavy atom. The summed E-state index contributed by atoms with van der Waals surface area (Å²) in [5.74, 6) is -3.51. The molecule has 15 heterocycles. The second kappa shape index (κ2) is 26.5. The van der Waals surface area contributed by atoms with Crippen LogP contribution in [0.25, 0.3) is 72.4 Å². The molecule has 1 unspecified atom stereocenters. The minimum Gasteiger partial charge on any atom is -0.381 e. The van der Waals surface area contributed by atoms with Gasteiger partial charge in [-0.2, -0.15) is 0 Å². The zero-order chi connectivity index (χ0) is 66.2. The van der Waals surface area contributed by atoms with Gasteiger partial charge in [0, 0.05) is 119 Å². The van der Waals surface area contributed by atoms with Crippen molar-refractivity contribution in [3.63, 3.8) is 0 Å². The van der Waals surface area contributed by atoms with Gasteiger partial charge in [-0.15, -0.1) is 68.0 Å². The van der Waals surface area contributed by atoms with Crippen molar-refractivity contribution in [1.82, 2.24) is 45.0 Å². The molecular weight excluding hydrogens is 1360 g/mol. The van der Waals surface area contributed by atoms with Crippen molar-refractivity contribution in [2.24, 2.45) is 0 Å². The fourth-order valence-corrected chi connectivity index (χ4v) is 21.0. The van der Waals surface area contributed by atoms with E-state index in [4.69, 9.17) is 14.2 Å². The number of pyridine rings is 3. The predicted octanol–water partition coefficient (Wildman–Crippen LogP) is 17.9. The second-order valence-corrected chi connectivity index (χ2v) is 30.6. The summed E-state index contributed by atoms with van der Waals surface area (Å²) in [4.78, 5) is 37.0. The molecule has 0 radical (unpaired) electrons. The van der Waals surface area contributed by atoms with Crippen molar-refractivity contribution in [2.45, 2.75) is 81.3 Å². The number of likely N-dealkylation sites (tertiary alicyclic amines) is 1. The number of halogens is 6. The summed E-state index contributed by atoms with van der Waals surface area (Å²) in [6.45, 7) is 13.8. The summed E-state index contributed by atoms with van der Waals surface area (Å²) in [6.07, 6.45) is 16.5. The number of hydrogen-bond acceptors (Lipinski definition) is 21. The molecule has 97 heavy (non-hydrogen) atoms. The number of nitrogens with one attached hydrogen (secondary N) is 4. The summed E-state index contributed by atoms with van der Waals surface area (Å²) in [7, 11) is 0. The number of hydrogen-bond donors (Lipinski definition) is 4. The number of aromatic nitrogens is 6. The molecule has 15 nitrogen and oxygen atoms in total. The normalized spacial score (nSPS) is 19.2. The number of rotatable bonds is 11. The Labute approximate surface area is 577 Å². The van der Waals surface area contributed by atoms with Gasteiger partial charge in [-0.05, 0) is 130 Å². The molecule has 27 heteroatoms. The first-order chi connectivity index (χ1) is 47.4. The molecule has 6 aliphatic rings. The molecule has 0 saturated carbocycles. The maximum Gasteiger partial charge on any atom is 0.176 e. The maximum atomic E-state index is 15.0. The van der Waals surface area contributed by atoms with Crippen molar-refractivity contribution >= 4 is 175 Å². The monoisotopic (exact) mass is 1430 g/mol. The highest BCUT2D eigenvalue weighted by Gasteiger charge is 2.50. The van der Waals surface area contributed by atoms with Crippen LogP contribution in [0.5, 0.6) is 0 Å². The van der Waals surface area contributed by atoms with Crippen molar-refractivity contribution in [1.29, 1.82) is 0 Å². The van der Waals surface area contributed by atoms with Gasteiger partial charge in [-0.25, -0.2) is 56.2 Å². The minimum atomic E-state index is -0.680. The molecule has 3 spiro atoms. The van der Waals surface area contributed by atoms with Crippen LogP contribution >= 0.6 is 68.0 Å². The van der Waals surface area contributed by atoms with Gasteiger partial charge in [-0.1, -0.05) is 26.0 Å². The van der Waals surface area contributed by atoms with Gasteiger partial charge in [0.2, 0.25) is 0 Å². The highest BCUT2D eigenvalue weighted by molar-refractivity contribution is 7.20. The molecule has 0 amide bonds. The van der Waals surface area contributed by atoms with Gasteiger partial charge in [0.05, 0.1) is 53.2 Å². The number of likely N-dealkylation sites (N-methyl/N-ethyl adjacent to an activating group) is 2. The number of anilines is 6. The highest BCUT2D eigenvalue weighted by atomic mass is 32.1. The summed E-state index contributed by atoms with van der Waals surface area (Å²) < 4.78 is 108. The quantitative estimate of drug-likeness (QED) is 0.0906. The van der Waals surface area contributed by atoms with E-state index >= 15 is 8.78 Å². The van der Waals surface area contributed by atoms with Crippen LogP contribution in [-0.2, 0) is 14.2 Å². The number of thiophene rings is 3. The molecule has 18 rings (SSSR count). The van der Waals surface area contributed by atoms with E-state index in [1.807, 2.05) is 0 Å². The van der Waals surface area contributed by atoms with Crippen LogP contribution in [0.4, 0.5) is 60.5 Å². The first-order valence-corrected chi connectivity index (χ1v) is 37.5. The summed E-state index contributed by atoms with van der Waals surface area (Å²) in [5.41, 5.74) is 9.07. The van der Waals surface area contributed by atoms with Gasteiger partial charge in [0.15, 0.2) is 34.9 Å². The first-order valence-electron chi connectivity index (χ1n) is 32.4. The van der Waals surface area contributed by atoms with Crippen molar-refractivity contribution in [2.75, 3.05) is 88.3 Å². The van der Waals surface area contributed by atoms with E-state index in [9.17, 15) is 17.6 Å². The van der Waals surface area contributed by atoms with Gasteiger partial charge in [0.1, 0.15) is 48.1 Å². The van der Waals surface area contributed by atoms with Crippen LogP contribution in [0.3, 0.4) is 0 Å². The van der Waals surface area contributed by atoms with E-state index in [0.29, 0.717) is 37.1 Å². The van der Waals surface area contributed by atoms with Crippen LogP contribution < -0.4 is 21.3 Å². The van der Waals surface area contributed by atoms with Crippen molar-refractivity contribution < 1.29 is 40.6 Å². The molecule has 1 atom stereocenters. The average molecular weight is 1430 g/mol. The molecule has 0 aliphatic carbocycles. The van der Waals surface area contributed by atoms with Gasteiger partial charge >= 0.3 is 0 Å². The molecule has 4 fully saturated rings. The zero-order valence-corrected chi connectivity index (χ0v) is 57.5. The van der Waals surface area contributed by atoms with E-state index in [1.165, 1.54) is 84.8 Å². The number of fused-ring (bicyclic) bond motifs is 6. The van der Waals surface area contributed by atoms with Crippen LogP contribution in [-0.4, -0.2) is 129 Å². The fraction of sp³-hybridized carbons (Fsp3) is 0.343. The first kappa shape index (κ1) is 64.5. The van der Waals surface area contributed by atoms with Crippen LogP contribution in [0.15, 0.2) is 102 Å². The third kappa shape index (κ3) is 11.5. The number of thiazole rings is 3. The van der Waals surface area contributed by atoms with Crippen molar-refractivity contribution in [3.8, 4) is 0 Å². The summed E-state index contributed by atoms with van der Waals surface area (Å²) in [6, 6.07) is 15.6. The van der Waals surface area contributed by atoms with Crippen LogP contribution in [0, 0.1) is 34.9 Å². The zero-order valence-electron chi connectivity index (χ0n) is 52.6. The smallest absolute Gasteiger partial charge is 0.176 e. The Balaban J connectivity index is 0.000000114. The molecule has 3 aromatic carbocycles. The second-order valence-electron chi connectivity index (χ2n) is 24.8. The Morgan fingerprint density at radius 1 is 0.515 bits per heavy atom. The Bertz CT molecular complexity index is 5050. The molecule has 9 aromatic heterocycles. The maximum absolute atomic E-state index is 15.0. The van der Waals surface area contributed by atoms with E-state index in [-0.39, 0.29) is 50.2 Å². The number of nitrogens with zero attached hydrogens (tertiary/aromatic N) is 8. The molecule has 4 N–H and O–H groups in total. The lowest BCUT2D eigenvalue weighted by Gasteiger charge is -2.44. The Hall–Kier alpha value is -7.12. The van der Waals surface area contributed by atoms with Gasteiger partial charge in [-0.3, -0.25) is 9.80 Å². The number of benzene rings is 3. The third-order valence-electron chi connectivity index (χ3n) is 20.2. The average Bonchev–Trinajstić information content (AvgIpc) is 1.61. The van der Waals surface area contributed by atoms with Crippen LogP contribution in [0.2, 0.25) is 0 Å². The lowest BCUT2D eigenvalue weighted by Crippen LogP contribution is -2.50.